The van der Waals surface area contributed by atoms with Crippen LogP contribution in [-0.2, 0) is 9.53 Å². The molecule has 2 rings (SSSR count). The van der Waals surface area contributed by atoms with Crippen molar-refractivity contribution in [2.75, 3.05) is 12.4 Å². The second-order valence-electron chi connectivity index (χ2n) is 5.39. The van der Waals surface area contributed by atoms with Gasteiger partial charge < -0.3 is 14.8 Å². The fourth-order valence-corrected chi connectivity index (χ4v) is 2.13. The Morgan fingerprint density at radius 2 is 1.67 bits per heavy atom. The monoisotopic (exact) mass is 327 g/mol. The molecule has 2 aromatic rings. The largest absolute Gasteiger partial charge is 0.481 e. The minimum atomic E-state index is -0.590. The number of hydrogen-bond donors (Lipinski definition) is 1. The number of aryl methyl sites for hydroxylation is 1. The molecule has 0 aliphatic carbocycles. The van der Waals surface area contributed by atoms with Crippen molar-refractivity contribution in [2.24, 2.45) is 0 Å². The van der Waals surface area contributed by atoms with Gasteiger partial charge in [-0.2, -0.15) is 0 Å². The molecule has 0 fully saturated rings. The number of esters is 1. The van der Waals surface area contributed by atoms with Crippen LogP contribution in [0.5, 0.6) is 5.75 Å². The van der Waals surface area contributed by atoms with Crippen molar-refractivity contribution < 1.29 is 19.1 Å². The molecule has 0 aliphatic rings. The van der Waals surface area contributed by atoms with E-state index >= 15 is 0 Å². The maximum Gasteiger partial charge on any atom is 0.337 e. The van der Waals surface area contributed by atoms with E-state index in [4.69, 9.17) is 4.74 Å². The van der Waals surface area contributed by atoms with Crippen molar-refractivity contribution in [3.05, 3.63) is 59.7 Å². The van der Waals surface area contributed by atoms with E-state index in [2.05, 4.69) is 10.1 Å². The number of ether oxygens (including phenoxy) is 2. The minimum Gasteiger partial charge on any atom is -0.481 e. The first-order chi connectivity index (χ1) is 11.5. The van der Waals surface area contributed by atoms with Gasteiger partial charge in [0.05, 0.1) is 12.7 Å². The van der Waals surface area contributed by atoms with Gasteiger partial charge in [-0.25, -0.2) is 4.79 Å². The van der Waals surface area contributed by atoms with Crippen LogP contribution in [0.1, 0.15) is 29.3 Å². The van der Waals surface area contributed by atoms with Crippen LogP contribution in [0.3, 0.4) is 0 Å². The molecule has 1 amide bonds. The van der Waals surface area contributed by atoms with Crippen LogP contribution in [0, 0.1) is 6.92 Å². The Kier molecular flexibility index (Phi) is 5.95. The maximum atomic E-state index is 12.4. The van der Waals surface area contributed by atoms with Gasteiger partial charge in [-0.3, -0.25) is 4.79 Å². The van der Waals surface area contributed by atoms with Crippen LogP contribution in [0.2, 0.25) is 0 Å². The van der Waals surface area contributed by atoms with E-state index in [0.29, 0.717) is 23.4 Å². The summed E-state index contributed by atoms with van der Waals surface area (Å²) in [5.74, 6) is 0.00884. The Hall–Kier alpha value is -2.82. The molecule has 0 aliphatic heterocycles. The average molecular weight is 327 g/mol. The van der Waals surface area contributed by atoms with Gasteiger partial charge in [0.25, 0.3) is 5.91 Å². The van der Waals surface area contributed by atoms with Crippen LogP contribution in [0.4, 0.5) is 5.69 Å². The lowest BCUT2D eigenvalue weighted by atomic mass is 10.2. The number of amides is 1. The highest BCUT2D eigenvalue weighted by molar-refractivity contribution is 5.95. The molecule has 0 spiro atoms. The molecule has 0 heterocycles. The minimum absolute atomic E-state index is 0.233. The van der Waals surface area contributed by atoms with Crippen molar-refractivity contribution in [1.29, 1.82) is 0 Å². The standard InChI is InChI=1S/C19H21NO4/c1-4-17(24-16-11-5-13(2)6-12-16)18(21)20-15-9-7-14(8-10-15)19(22)23-3/h5-12,17H,4H2,1-3H3,(H,20,21). The van der Waals surface area contributed by atoms with Crippen molar-refractivity contribution in [3.63, 3.8) is 0 Å². The van der Waals surface area contributed by atoms with E-state index in [1.54, 1.807) is 24.3 Å². The third-order valence-corrected chi connectivity index (χ3v) is 3.54. The summed E-state index contributed by atoms with van der Waals surface area (Å²) in [6, 6.07) is 14.1. The molecular weight excluding hydrogens is 306 g/mol. The third kappa shape index (κ3) is 4.59. The van der Waals surface area contributed by atoms with Gasteiger partial charge >= 0.3 is 5.97 Å². The average Bonchev–Trinajstić information content (AvgIpc) is 2.61. The SMILES string of the molecule is CCC(Oc1ccc(C)cc1)C(=O)Nc1ccc(C(=O)OC)cc1. The second kappa shape index (κ2) is 8.15. The number of hydrogen-bond acceptors (Lipinski definition) is 4. The number of methoxy groups -OCH3 is 1. The summed E-state index contributed by atoms with van der Waals surface area (Å²) in [6.45, 7) is 3.88. The van der Waals surface area contributed by atoms with Gasteiger partial charge in [-0.15, -0.1) is 0 Å². The third-order valence-electron chi connectivity index (χ3n) is 3.54. The molecule has 5 nitrogen and oxygen atoms in total. The van der Waals surface area contributed by atoms with E-state index in [0.717, 1.165) is 5.56 Å². The van der Waals surface area contributed by atoms with Gasteiger partial charge in [0.2, 0.25) is 0 Å². The Morgan fingerprint density at radius 1 is 1.04 bits per heavy atom. The van der Waals surface area contributed by atoms with Crippen molar-refractivity contribution in [2.45, 2.75) is 26.4 Å². The highest BCUT2D eigenvalue weighted by Crippen LogP contribution is 2.16. The predicted molar refractivity (Wildman–Crippen MR) is 92.3 cm³/mol. The summed E-state index contributed by atoms with van der Waals surface area (Å²) in [5.41, 5.74) is 2.16. The fraction of sp³-hybridized carbons (Fsp3) is 0.263. The quantitative estimate of drug-likeness (QED) is 0.824. The number of anilines is 1. The fourth-order valence-electron chi connectivity index (χ4n) is 2.13. The molecule has 1 N–H and O–H groups in total. The highest BCUT2D eigenvalue weighted by atomic mass is 16.5. The summed E-state index contributed by atoms with van der Waals surface area (Å²) in [5, 5.41) is 2.79. The number of rotatable bonds is 6. The molecule has 126 valence electrons. The molecule has 0 bridgehead atoms. The van der Waals surface area contributed by atoms with Crippen LogP contribution in [0.25, 0.3) is 0 Å². The van der Waals surface area contributed by atoms with Gasteiger partial charge in [-0.05, 0) is 49.7 Å². The Bertz CT molecular complexity index is 692. The summed E-state index contributed by atoms with van der Waals surface area (Å²) in [6.07, 6.45) is -0.0482. The zero-order valence-corrected chi connectivity index (χ0v) is 14.0. The molecule has 1 atom stereocenters. The molecule has 2 aromatic carbocycles. The van der Waals surface area contributed by atoms with Crippen LogP contribution in [-0.4, -0.2) is 25.1 Å². The zero-order valence-electron chi connectivity index (χ0n) is 14.0. The normalized spacial score (nSPS) is 11.5. The molecule has 0 saturated heterocycles. The number of nitrogens with one attached hydrogen (secondary N) is 1. The van der Waals surface area contributed by atoms with E-state index < -0.39 is 12.1 Å². The van der Waals surface area contributed by atoms with Crippen molar-refractivity contribution in [1.82, 2.24) is 0 Å². The first-order valence-corrected chi connectivity index (χ1v) is 7.76. The number of carbonyl (C=O) groups is 2. The summed E-state index contributed by atoms with van der Waals surface area (Å²) in [7, 11) is 1.33. The second-order valence-corrected chi connectivity index (χ2v) is 5.39. The maximum absolute atomic E-state index is 12.4. The van der Waals surface area contributed by atoms with Crippen molar-refractivity contribution >= 4 is 17.6 Å². The molecule has 24 heavy (non-hydrogen) atoms. The van der Waals surface area contributed by atoms with Gasteiger partial charge in [-0.1, -0.05) is 24.6 Å². The molecular formula is C19H21NO4. The summed E-state index contributed by atoms with van der Waals surface area (Å²) in [4.78, 5) is 23.8. The van der Waals surface area contributed by atoms with Gasteiger partial charge in [0.1, 0.15) is 5.75 Å². The highest BCUT2D eigenvalue weighted by Gasteiger charge is 2.18. The Morgan fingerprint density at radius 3 is 2.21 bits per heavy atom. The summed E-state index contributed by atoms with van der Waals surface area (Å²) >= 11 is 0. The lowest BCUT2D eigenvalue weighted by Crippen LogP contribution is -2.32. The Balaban J connectivity index is 2.00. The molecule has 0 saturated carbocycles. The molecule has 0 radical (unpaired) electrons. The van der Waals surface area contributed by atoms with E-state index in [9.17, 15) is 9.59 Å². The number of benzene rings is 2. The van der Waals surface area contributed by atoms with E-state index in [1.807, 2.05) is 38.1 Å². The zero-order chi connectivity index (χ0) is 17.5. The summed E-state index contributed by atoms with van der Waals surface area (Å²) < 4.78 is 10.4. The lowest BCUT2D eigenvalue weighted by Gasteiger charge is -2.17. The topological polar surface area (TPSA) is 64.6 Å². The van der Waals surface area contributed by atoms with E-state index in [-0.39, 0.29) is 5.91 Å². The Labute approximate surface area is 141 Å². The molecule has 0 aromatic heterocycles. The van der Waals surface area contributed by atoms with Gasteiger partial charge in [0.15, 0.2) is 6.10 Å². The van der Waals surface area contributed by atoms with Crippen LogP contribution in [0.15, 0.2) is 48.5 Å². The van der Waals surface area contributed by atoms with E-state index in [1.165, 1.54) is 7.11 Å². The number of carbonyl (C=O) groups excluding carboxylic acids is 2. The molecule has 5 heteroatoms. The van der Waals surface area contributed by atoms with Crippen molar-refractivity contribution in [3.8, 4) is 5.75 Å². The van der Waals surface area contributed by atoms with Crippen LogP contribution >= 0.6 is 0 Å². The first-order valence-electron chi connectivity index (χ1n) is 7.76. The van der Waals surface area contributed by atoms with Crippen LogP contribution < -0.4 is 10.1 Å². The first kappa shape index (κ1) is 17.5. The molecule has 1 unspecified atom stereocenters. The van der Waals surface area contributed by atoms with Gasteiger partial charge in [0, 0.05) is 5.69 Å². The smallest absolute Gasteiger partial charge is 0.337 e. The predicted octanol–water partition coefficient (Wildman–Crippen LogP) is 3.58. The lowest BCUT2D eigenvalue weighted by molar-refractivity contribution is -0.122.